The molecule has 148 valence electrons. The molecule has 1 aliphatic rings. The number of alkyl halides is 3. The van der Waals surface area contributed by atoms with Crippen molar-refractivity contribution in [2.75, 3.05) is 5.32 Å². The van der Waals surface area contributed by atoms with E-state index in [9.17, 15) is 23.1 Å². The fraction of sp³-hybridized carbons (Fsp3) is 0.263. The van der Waals surface area contributed by atoms with Gasteiger partial charge in [0.15, 0.2) is 0 Å². The number of allylic oxidation sites excluding steroid dienone is 2. The highest BCUT2D eigenvalue weighted by Gasteiger charge is 2.39. The summed E-state index contributed by atoms with van der Waals surface area (Å²) in [5, 5.41) is 16.9. The molecule has 1 aliphatic carbocycles. The van der Waals surface area contributed by atoms with E-state index in [2.05, 4.69) is 26.3 Å². The Morgan fingerprint density at radius 2 is 2.00 bits per heavy atom. The van der Waals surface area contributed by atoms with Crippen molar-refractivity contribution in [2.24, 2.45) is 5.92 Å². The van der Waals surface area contributed by atoms with Gasteiger partial charge in [-0.3, -0.25) is 4.79 Å². The maximum Gasteiger partial charge on any atom is 0.418 e. The molecule has 1 aromatic heterocycles. The summed E-state index contributed by atoms with van der Waals surface area (Å²) < 4.78 is 42.1. The standard InChI is InChI=1S/C19H17BrF3N3O2/c1-11-15(20)16(24-18(2)10-6-5-8-13(18)17(27)28)26(25-11)14-9-4-3-7-12(14)19(21,22)23/h3-10,13,24H,1-2H3,(H,27,28). The quantitative estimate of drug-likeness (QED) is 0.683. The molecule has 28 heavy (non-hydrogen) atoms. The van der Waals surface area contributed by atoms with Crippen molar-refractivity contribution in [1.29, 1.82) is 0 Å². The lowest BCUT2D eigenvalue weighted by molar-refractivity contribution is -0.141. The molecule has 0 amide bonds. The van der Waals surface area contributed by atoms with Crippen molar-refractivity contribution in [3.63, 3.8) is 0 Å². The van der Waals surface area contributed by atoms with Crippen LogP contribution in [0.25, 0.3) is 5.69 Å². The zero-order valence-corrected chi connectivity index (χ0v) is 16.5. The Hall–Kier alpha value is -2.55. The van der Waals surface area contributed by atoms with Gasteiger partial charge < -0.3 is 10.4 Å². The maximum atomic E-state index is 13.5. The third kappa shape index (κ3) is 3.58. The maximum absolute atomic E-state index is 13.5. The molecule has 2 N–H and O–H groups in total. The molecule has 1 heterocycles. The molecular formula is C19H17BrF3N3O2. The van der Waals surface area contributed by atoms with Crippen LogP contribution < -0.4 is 5.32 Å². The Morgan fingerprint density at radius 1 is 1.32 bits per heavy atom. The number of hydrogen-bond acceptors (Lipinski definition) is 3. The summed E-state index contributed by atoms with van der Waals surface area (Å²) in [5.41, 5.74) is -1.60. The minimum atomic E-state index is -4.57. The predicted molar refractivity (Wildman–Crippen MR) is 102 cm³/mol. The first kappa shape index (κ1) is 20.2. The van der Waals surface area contributed by atoms with E-state index < -0.39 is 29.2 Å². The number of benzene rings is 1. The lowest BCUT2D eigenvalue weighted by Gasteiger charge is -2.34. The Labute approximate surface area is 167 Å². The normalized spacial score (nSPS) is 21.7. The van der Waals surface area contributed by atoms with Crippen LogP contribution in [-0.2, 0) is 11.0 Å². The number of hydrogen-bond donors (Lipinski definition) is 2. The third-order valence-corrected chi connectivity index (χ3v) is 5.53. The van der Waals surface area contributed by atoms with Crippen molar-refractivity contribution in [3.8, 4) is 5.69 Å². The molecule has 0 saturated heterocycles. The summed E-state index contributed by atoms with van der Waals surface area (Å²) in [4.78, 5) is 11.7. The number of carboxylic acids is 1. The second-order valence-corrected chi connectivity index (χ2v) is 7.44. The SMILES string of the molecule is Cc1nn(-c2ccccc2C(F)(F)F)c(NC2(C)C=CC=CC2C(=O)O)c1Br. The summed E-state index contributed by atoms with van der Waals surface area (Å²) in [6, 6.07) is 5.10. The molecule has 0 radical (unpaired) electrons. The second kappa shape index (κ2) is 7.12. The van der Waals surface area contributed by atoms with Crippen LogP contribution in [-0.4, -0.2) is 26.4 Å². The van der Waals surface area contributed by atoms with Gasteiger partial charge in [0.2, 0.25) is 0 Å². The lowest BCUT2D eigenvalue weighted by Crippen LogP contribution is -2.45. The van der Waals surface area contributed by atoms with Gasteiger partial charge in [-0.25, -0.2) is 4.68 Å². The van der Waals surface area contributed by atoms with Gasteiger partial charge in [0, 0.05) is 0 Å². The molecule has 5 nitrogen and oxygen atoms in total. The van der Waals surface area contributed by atoms with Crippen LogP contribution in [0.2, 0.25) is 0 Å². The molecule has 0 aliphatic heterocycles. The molecule has 0 fully saturated rings. The van der Waals surface area contributed by atoms with Gasteiger partial charge in [-0.1, -0.05) is 36.4 Å². The van der Waals surface area contributed by atoms with Gasteiger partial charge in [-0.05, 0) is 41.9 Å². The zero-order chi connectivity index (χ0) is 20.7. The highest BCUT2D eigenvalue weighted by Crippen LogP contribution is 2.39. The monoisotopic (exact) mass is 455 g/mol. The molecular weight excluding hydrogens is 439 g/mol. The summed E-state index contributed by atoms with van der Waals surface area (Å²) in [6.45, 7) is 3.32. The Bertz CT molecular complexity index is 981. The van der Waals surface area contributed by atoms with Gasteiger partial charge in [-0.15, -0.1) is 0 Å². The smallest absolute Gasteiger partial charge is 0.418 e. The van der Waals surface area contributed by atoms with Crippen LogP contribution in [0, 0.1) is 12.8 Å². The molecule has 0 bridgehead atoms. The zero-order valence-electron chi connectivity index (χ0n) is 15.0. The Morgan fingerprint density at radius 3 is 2.64 bits per heavy atom. The molecule has 2 atom stereocenters. The van der Waals surface area contributed by atoms with Crippen molar-refractivity contribution >= 4 is 27.7 Å². The molecule has 2 unspecified atom stereocenters. The number of nitrogens with one attached hydrogen (secondary N) is 1. The average molecular weight is 456 g/mol. The Balaban J connectivity index is 2.15. The van der Waals surface area contributed by atoms with E-state index in [4.69, 9.17) is 0 Å². The first-order valence-corrected chi connectivity index (χ1v) is 9.12. The number of carboxylic acid groups (broad SMARTS) is 1. The van der Waals surface area contributed by atoms with Crippen molar-refractivity contribution in [3.05, 3.63) is 64.3 Å². The van der Waals surface area contributed by atoms with Crippen molar-refractivity contribution in [2.45, 2.75) is 25.6 Å². The number of aliphatic carboxylic acids is 1. The van der Waals surface area contributed by atoms with E-state index in [1.165, 1.54) is 24.3 Å². The summed E-state index contributed by atoms with van der Waals surface area (Å²) in [6.07, 6.45) is 1.94. The fourth-order valence-electron chi connectivity index (χ4n) is 3.14. The van der Waals surface area contributed by atoms with Gasteiger partial charge in [-0.2, -0.15) is 18.3 Å². The molecule has 1 aromatic carbocycles. The first-order chi connectivity index (χ1) is 13.0. The molecule has 2 aromatic rings. The molecule has 9 heteroatoms. The predicted octanol–water partition coefficient (Wildman–Crippen LogP) is 4.96. The number of anilines is 1. The third-order valence-electron chi connectivity index (χ3n) is 4.58. The number of aromatic nitrogens is 2. The number of carbonyl (C=O) groups is 1. The van der Waals surface area contributed by atoms with Crippen LogP contribution in [0.3, 0.4) is 0 Å². The first-order valence-electron chi connectivity index (χ1n) is 8.33. The van der Waals surface area contributed by atoms with E-state index in [-0.39, 0.29) is 11.5 Å². The van der Waals surface area contributed by atoms with Gasteiger partial charge in [0.05, 0.1) is 27.0 Å². The van der Waals surface area contributed by atoms with Gasteiger partial charge in [0.1, 0.15) is 11.7 Å². The molecule has 0 saturated carbocycles. The van der Waals surface area contributed by atoms with E-state index in [1.54, 1.807) is 32.1 Å². The number of nitrogens with zero attached hydrogens (tertiary/aromatic N) is 2. The molecule has 0 spiro atoms. The average Bonchev–Trinajstić information content (AvgIpc) is 2.89. The van der Waals surface area contributed by atoms with E-state index in [0.29, 0.717) is 10.2 Å². The van der Waals surface area contributed by atoms with Gasteiger partial charge >= 0.3 is 12.1 Å². The van der Waals surface area contributed by atoms with Crippen molar-refractivity contribution < 1.29 is 23.1 Å². The highest BCUT2D eigenvalue weighted by atomic mass is 79.9. The Kier molecular flexibility index (Phi) is 5.14. The number of rotatable bonds is 4. The topological polar surface area (TPSA) is 67.2 Å². The summed E-state index contributed by atoms with van der Waals surface area (Å²) >= 11 is 3.36. The second-order valence-electron chi connectivity index (χ2n) is 6.64. The van der Waals surface area contributed by atoms with Crippen molar-refractivity contribution in [1.82, 2.24) is 9.78 Å². The van der Waals surface area contributed by atoms with Crippen LogP contribution in [0.15, 0.2) is 53.0 Å². The summed E-state index contributed by atoms with van der Waals surface area (Å²) in [7, 11) is 0. The van der Waals surface area contributed by atoms with Crippen LogP contribution in [0.4, 0.5) is 19.0 Å². The number of aryl methyl sites for hydroxylation is 1. The van der Waals surface area contributed by atoms with Crippen LogP contribution in [0.1, 0.15) is 18.2 Å². The van der Waals surface area contributed by atoms with E-state index in [0.717, 1.165) is 10.7 Å². The largest absolute Gasteiger partial charge is 0.481 e. The fourth-order valence-corrected chi connectivity index (χ4v) is 3.48. The van der Waals surface area contributed by atoms with Gasteiger partial charge in [0.25, 0.3) is 0 Å². The van der Waals surface area contributed by atoms with Crippen LogP contribution >= 0.6 is 15.9 Å². The lowest BCUT2D eigenvalue weighted by atomic mass is 9.82. The summed E-state index contributed by atoms with van der Waals surface area (Å²) in [5.74, 6) is -1.72. The minimum Gasteiger partial charge on any atom is -0.481 e. The number of para-hydroxylation sites is 1. The van der Waals surface area contributed by atoms with Crippen LogP contribution in [0.5, 0.6) is 0 Å². The van der Waals surface area contributed by atoms with E-state index in [1.807, 2.05) is 0 Å². The highest BCUT2D eigenvalue weighted by molar-refractivity contribution is 9.10. The number of halogens is 4. The van der Waals surface area contributed by atoms with E-state index >= 15 is 0 Å². The minimum absolute atomic E-state index is 0.155. The molecule has 3 rings (SSSR count).